The molecule has 4 saturated carbocycles. The molecule has 0 spiro atoms. The summed E-state index contributed by atoms with van der Waals surface area (Å²) in [5.41, 5.74) is 2.58. The van der Waals surface area contributed by atoms with Crippen molar-refractivity contribution in [2.24, 2.45) is 23.2 Å². The zero-order valence-electron chi connectivity index (χ0n) is 19.3. The molecule has 0 aromatic heterocycles. The zero-order valence-corrected chi connectivity index (χ0v) is 19.3. The van der Waals surface area contributed by atoms with E-state index in [1.807, 2.05) is 4.90 Å². The summed E-state index contributed by atoms with van der Waals surface area (Å²) >= 11 is 0. The first-order chi connectivity index (χ1) is 14.9. The maximum Gasteiger partial charge on any atom is 0.223 e. The Morgan fingerprint density at radius 1 is 0.968 bits per heavy atom. The van der Waals surface area contributed by atoms with E-state index >= 15 is 0 Å². The molecule has 0 N–H and O–H groups in total. The van der Waals surface area contributed by atoms with Crippen LogP contribution < -0.4 is 0 Å². The van der Waals surface area contributed by atoms with Gasteiger partial charge in [0.15, 0.2) is 0 Å². The summed E-state index contributed by atoms with van der Waals surface area (Å²) in [6.45, 7) is 7.77. The van der Waals surface area contributed by atoms with E-state index in [-0.39, 0.29) is 11.3 Å². The van der Waals surface area contributed by atoms with Crippen LogP contribution in [0, 0.1) is 30.1 Å². The SMILES string of the molecule is Cc1cccc(C(C)N2CCN(C(=O)CCC(=O)C34CC5CC(CC(C5)C3)C4)CC2)c1. The Kier molecular flexibility index (Phi) is 5.70. The molecule has 31 heavy (non-hydrogen) atoms. The average molecular weight is 423 g/mol. The second-order valence-corrected chi connectivity index (χ2v) is 11.1. The van der Waals surface area contributed by atoms with Crippen LogP contribution in [0.2, 0.25) is 0 Å². The van der Waals surface area contributed by atoms with Crippen LogP contribution in [0.25, 0.3) is 0 Å². The van der Waals surface area contributed by atoms with Crippen molar-refractivity contribution in [2.75, 3.05) is 26.2 Å². The average Bonchev–Trinajstić information content (AvgIpc) is 2.76. The third-order valence-corrected chi connectivity index (χ3v) is 8.93. The van der Waals surface area contributed by atoms with Gasteiger partial charge in [-0.3, -0.25) is 14.5 Å². The highest BCUT2D eigenvalue weighted by Crippen LogP contribution is 2.60. The predicted octanol–water partition coefficient (Wildman–Crippen LogP) is 4.77. The van der Waals surface area contributed by atoms with E-state index in [1.165, 1.54) is 30.4 Å². The van der Waals surface area contributed by atoms with E-state index < -0.39 is 0 Å². The van der Waals surface area contributed by atoms with E-state index in [0.29, 0.717) is 24.7 Å². The molecule has 4 bridgehead atoms. The number of hydrogen-bond donors (Lipinski definition) is 0. The minimum Gasteiger partial charge on any atom is -0.340 e. The summed E-state index contributed by atoms with van der Waals surface area (Å²) in [6, 6.07) is 9.10. The monoisotopic (exact) mass is 422 g/mol. The number of rotatable bonds is 6. The van der Waals surface area contributed by atoms with Gasteiger partial charge >= 0.3 is 0 Å². The fourth-order valence-corrected chi connectivity index (χ4v) is 7.60. The molecule has 1 heterocycles. The number of benzene rings is 1. The number of hydrogen-bond acceptors (Lipinski definition) is 3. The van der Waals surface area contributed by atoms with Crippen molar-refractivity contribution in [3.63, 3.8) is 0 Å². The molecule has 4 nitrogen and oxygen atoms in total. The summed E-state index contributed by atoms with van der Waals surface area (Å²) in [7, 11) is 0. The molecule has 4 heteroatoms. The van der Waals surface area contributed by atoms with Crippen molar-refractivity contribution in [3.8, 4) is 0 Å². The first-order valence-electron chi connectivity index (χ1n) is 12.5. The van der Waals surface area contributed by atoms with Gasteiger partial charge in [0.2, 0.25) is 5.91 Å². The van der Waals surface area contributed by atoms with Crippen molar-refractivity contribution in [1.29, 1.82) is 0 Å². The number of piperazine rings is 1. The molecule has 0 radical (unpaired) electrons. The van der Waals surface area contributed by atoms with E-state index in [1.54, 1.807) is 0 Å². The Morgan fingerprint density at radius 2 is 1.58 bits per heavy atom. The third kappa shape index (κ3) is 4.20. The largest absolute Gasteiger partial charge is 0.340 e. The van der Waals surface area contributed by atoms with Gasteiger partial charge in [0, 0.05) is 50.5 Å². The molecule has 1 unspecified atom stereocenters. The normalized spacial score (nSPS) is 33.5. The first-order valence-corrected chi connectivity index (χ1v) is 12.5. The Balaban J connectivity index is 1.11. The van der Waals surface area contributed by atoms with Crippen LogP contribution in [0.5, 0.6) is 0 Å². The second-order valence-electron chi connectivity index (χ2n) is 11.1. The van der Waals surface area contributed by atoms with E-state index in [2.05, 4.69) is 43.0 Å². The summed E-state index contributed by atoms with van der Waals surface area (Å²) in [5.74, 6) is 2.95. The van der Waals surface area contributed by atoms with Crippen LogP contribution in [-0.2, 0) is 9.59 Å². The minimum absolute atomic E-state index is 0.0586. The van der Waals surface area contributed by atoms with Gasteiger partial charge in [-0.15, -0.1) is 0 Å². The maximum atomic E-state index is 13.2. The Bertz CT molecular complexity index is 804. The van der Waals surface area contributed by atoms with E-state index in [0.717, 1.165) is 63.2 Å². The molecule has 1 aromatic carbocycles. The van der Waals surface area contributed by atoms with Gasteiger partial charge in [0.25, 0.3) is 0 Å². The quantitative estimate of drug-likeness (QED) is 0.663. The highest BCUT2D eigenvalue weighted by atomic mass is 16.2. The lowest BCUT2D eigenvalue weighted by Crippen LogP contribution is -2.51. The van der Waals surface area contributed by atoms with Crippen LogP contribution in [0.1, 0.15) is 75.5 Å². The number of carbonyl (C=O) groups excluding carboxylic acids is 2. The van der Waals surface area contributed by atoms with Gasteiger partial charge in [0.05, 0.1) is 0 Å². The number of Topliss-reactive ketones (excluding diaryl/α,β-unsaturated/α-hetero) is 1. The Hall–Kier alpha value is -1.68. The topological polar surface area (TPSA) is 40.6 Å². The van der Waals surface area contributed by atoms with Gasteiger partial charge in [-0.25, -0.2) is 0 Å². The molecule has 4 aliphatic carbocycles. The molecule has 5 fully saturated rings. The number of amides is 1. The second kappa shape index (κ2) is 8.35. The van der Waals surface area contributed by atoms with Crippen molar-refractivity contribution >= 4 is 11.7 Å². The minimum atomic E-state index is -0.0586. The smallest absolute Gasteiger partial charge is 0.223 e. The molecule has 1 saturated heterocycles. The molecular weight excluding hydrogens is 384 g/mol. The van der Waals surface area contributed by atoms with E-state index in [9.17, 15) is 9.59 Å². The summed E-state index contributed by atoms with van der Waals surface area (Å²) in [4.78, 5) is 30.6. The molecule has 1 aromatic rings. The van der Waals surface area contributed by atoms with Crippen molar-refractivity contribution in [3.05, 3.63) is 35.4 Å². The molecule has 1 amide bonds. The standard InChI is InChI=1S/C27H38N2O2/c1-19-4-3-5-24(12-19)20(2)28-8-10-29(11-9-28)26(31)7-6-25(30)27-16-21-13-22(17-27)15-23(14-21)18-27/h3-5,12,20-23H,6-11,13-18H2,1-2H3. The van der Waals surface area contributed by atoms with Crippen LogP contribution in [0.4, 0.5) is 0 Å². The van der Waals surface area contributed by atoms with Crippen LogP contribution in [-0.4, -0.2) is 47.7 Å². The molecule has 168 valence electrons. The van der Waals surface area contributed by atoms with E-state index in [4.69, 9.17) is 0 Å². The zero-order chi connectivity index (χ0) is 21.6. The summed E-state index contributed by atoms with van der Waals surface area (Å²) < 4.78 is 0. The Morgan fingerprint density at radius 3 is 2.16 bits per heavy atom. The van der Waals surface area contributed by atoms with Gasteiger partial charge in [-0.1, -0.05) is 29.8 Å². The summed E-state index contributed by atoms with van der Waals surface area (Å²) in [5, 5.41) is 0. The maximum absolute atomic E-state index is 13.2. The van der Waals surface area contributed by atoms with Crippen molar-refractivity contribution in [2.45, 2.75) is 71.3 Å². The fourth-order valence-electron chi connectivity index (χ4n) is 7.60. The molecule has 1 aliphatic heterocycles. The van der Waals surface area contributed by atoms with Crippen molar-refractivity contribution < 1.29 is 9.59 Å². The van der Waals surface area contributed by atoms with Crippen LogP contribution in [0.3, 0.4) is 0 Å². The highest BCUT2D eigenvalue weighted by molar-refractivity contribution is 5.89. The lowest BCUT2D eigenvalue weighted by atomic mass is 9.48. The molecule has 6 rings (SSSR count). The lowest BCUT2D eigenvalue weighted by molar-refractivity contribution is -0.146. The number of ketones is 1. The predicted molar refractivity (Wildman–Crippen MR) is 123 cm³/mol. The van der Waals surface area contributed by atoms with Gasteiger partial charge < -0.3 is 4.90 Å². The Labute approximate surface area is 187 Å². The molecular formula is C27H38N2O2. The number of carbonyl (C=O) groups is 2. The van der Waals surface area contributed by atoms with Gasteiger partial charge in [0.1, 0.15) is 5.78 Å². The molecule has 5 aliphatic rings. The summed E-state index contributed by atoms with van der Waals surface area (Å²) in [6.07, 6.45) is 8.29. The van der Waals surface area contributed by atoms with Gasteiger partial charge in [-0.05, 0) is 75.7 Å². The first kappa shape index (κ1) is 21.2. The highest BCUT2D eigenvalue weighted by Gasteiger charge is 2.54. The van der Waals surface area contributed by atoms with Crippen molar-refractivity contribution in [1.82, 2.24) is 9.80 Å². The van der Waals surface area contributed by atoms with Crippen LogP contribution in [0.15, 0.2) is 24.3 Å². The lowest BCUT2D eigenvalue weighted by Gasteiger charge is -2.56. The van der Waals surface area contributed by atoms with Gasteiger partial charge in [-0.2, -0.15) is 0 Å². The number of nitrogens with zero attached hydrogens (tertiary/aromatic N) is 2. The number of aryl methyl sites for hydroxylation is 1. The third-order valence-electron chi connectivity index (χ3n) is 8.93. The molecule has 1 atom stereocenters. The van der Waals surface area contributed by atoms with Crippen LogP contribution >= 0.6 is 0 Å². The fraction of sp³-hybridized carbons (Fsp3) is 0.704.